The molecule has 2 heterocycles. The van der Waals surface area contributed by atoms with Gasteiger partial charge in [-0.25, -0.2) is 4.67 Å². The number of fused-ring (bicyclic) bond motifs is 1. The van der Waals surface area contributed by atoms with E-state index in [1.807, 2.05) is 0 Å². The fourth-order valence-corrected chi connectivity index (χ4v) is 4.99. The molecule has 0 spiro atoms. The van der Waals surface area contributed by atoms with Gasteiger partial charge in [0.1, 0.15) is 20.1 Å². The van der Waals surface area contributed by atoms with E-state index in [0.717, 1.165) is 0 Å². The molecule has 0 amide bonds. The van der Waals surface area contributed by atoms with Gasteiger partial charge in [0.25, 0.3) is 8.53 Å². The van der Waals surface area contributed by atoms with E-state index >= 15 is 0 Å². The van der Waals surface area contributed by atoms with Gasteiger partial charge in [-0.05, 0) is 27.7 Å². The Hall–Kier alpha value is -0.215. The Bertz CT molecular complexity index is 440. The van der Waals surface area contributed by atoms with Crippen molar-refractivity contribution in [3.8, 4) is 6.07 Å². The van der Waals surface area contributed by atoms with Gasteiger partial charge in [-0.15, -0.1) is 0 Å². The van der Waals surface area contributed by atoms with Crippen molar-refractivity contribution in [3.05, 3.63) is 0 Å². The van der Waals surface area contributed by atoms with Crippen LogP contribution in [0.3, 0.4) is 0 Å². The Morgan fingerprint density at radius 2 is 1.96 bits per heavy atom. The summed E-state index contributed by atoms with van der Waals surface area (Å²) in [5, 5.41) is 8.78. The predicted octanol–water partition coefficient (Wildman–Crippen LogP) is 2.58. The third-order valence-electron chi connectivity index (χ3n) is 4.27. The van der Waals surface area contributed by atoms with Gasteiger partial charge in [-0.3, -0.25) is 0 Å². The number of nitriles is 1. The van der Waals surface area contributed by atoms with E-state index in [4.69, 9.17) is 31.6 Å². The standard InChI is InChI=1S/C16H28BN2O4P/c1-10(2)19(11(3)4)24(21-8-6-7-18)23-15-14-13(22-16(15)17)12(5)9-20-14/h10-16H,6,8-9H2,1-5H3/t12-,13?,14?,15-,16-,24?/m1/s1. The molecule has 0 aliphatic carbocycles. The van der Waals surface area contributed by atoms with Crippen molar-refractivity contribution in [3.63, 3.8) is 0 Å². The maximum absolute atomic E-state index is 8.78. The minimum absolute atomic E-state index is 0.0208. The third-order valence-corrected chi connectivity index (χ3v) is 6.40. The number of hydrogen-bond acceptors (Lipinski definition) is 6. The summed E-state index contributed by atoms with van der Waals surface area (Å²) in [7, 11) is 4.80. The maximum Gasteiger partial charge on any atom is 0.259 e. The van der Waals surface area contributed by atoms with Crippen LogP contribution in [-0.2, 0) is 18.5 Å². The average Bonchev–Trinajstić information content (AvgIpc) is 2.99. The van der Waals surface area contributed by atoms with Crippen molar-refractivity contribution in [1.29, 1.82) is 5.26 Å². The fourth-order valence-electron chi connectivity index (χ4n) is 3.23. The summed E-state index contributed by atoms with van der Waals surface area (Å²) >= 11 is 0. The molecule has 0 aromatic carbocycles. The van der Waals surface area contributed by atoms with E-state index in [9.17, 15) is 0 Å². The molecule has 0 aromatic heterocycles. The minimum atomic E-state index is -1.35. The molecule has 2 fully saturated rings. The summed E-state index contributed by atoms with van der Waals surface area (Å²) in [6.07, 6.45) is -0.194. The molecular weight excluding hydrogens is 326 g/mol. The van der Waals surface area contributed by atoms with Crippen molar-refractivity contribution < 1.29 is 18.5 Å². The van der Waals surface area contributed by atoms with E-state index in [1.54, 1.807) is 0 Å². The van der Waals surface area contributed by atoms with Gasteiger partial charge in [-0.1, -0.05) is 6.92 Å². The highest BCUT2D eigenvalue weighted by Crippen LogP contribution is 2.50. The SMILES string of the molecule is [B][C@@H]1OC2C(OC[C@H]2C)[C@H]1OP(OCCC#N)N(C(C)C)C(C)C. The molecule has 2 aliphatic heterocycles. The highest BCUT2D eigenvalue weighted by atomic mass is 31.2. The first kappa shape index (κ1) is 20.1. The van der Waals surface area contributed by atoms with Crippen molar-refractivity contribution in [1.82, 2.24) is 4.67 Å². The highest BCUT2D eigenvalue weighted by Gasteiger charge is 2.51. The topological polar surface area (TPSA) is 64.0 Å². The Labute approximate surface area is 148 Å². The van der Waals surface area contributed by atoms with E-state index in [2.05, 4.69) is 45.4 Å². The Morgan fingerprint density at radius 1 is 1.29 bits per heavy atom. The molecule has 2 radical (unpaired) electrons. The summed E-state index contributed by atoms with van der Waals surface area (Å²) < 4.78 is 26.1. The van der Waals surface area contributed by atoms with Crippen LogP contribution in [-0.4, -0.2) is 62.1 Å². The maximum atomic E-state index is 8.78. The Morgan fingerprint density at radius 3 is 2.54 bits per heavy atom. The van der Waals surface area contributed by atoms with Crippen molar-refractivity contribution in [2.45, 2.75) is 77.4 Å². The largest absolute Gasteiger partial charge is 0.379 e. The van der Waals surface area contributed by atoms with E-state index in [1.165, 1.54) is 0 Å². The van der Waals surface area contributed by atoms with E-state index < -0.39 is 14.5 Å². The van der Waals surface area contributed by atoms with Crippen LogP contribution < -0.4 is 0 Å². The van der Waals surface area contributed by atoms with Gasteiger partial charge in [0, 0.05) is 24.0 Å². The van der Waals surface area contributed by atoms with Crippen molar-refractivity contribution in [2.24, 2.45) is 5.92 Å². The average molecular weight is 354 g/mol. The van der Waals surface area contributed by atoms with Crippen LogP contribution in [0.25, 0.3) is 0 Å². The number of ether oxygens (including phenoxy) is 2. The molecule has 0 bridgehead atoms. The van der Waals surface area contributed by atoms with Crippen LogP contribution in [0.1, 0.15) is 41.0 Å². The predicted molar refractivity (Wildman–Crippen MR) is 93.4 cm³/mol. The lowest BCUT2D eigenvalue weighted by Gasteiger charge is -2.37. The second kappa shape index (κ2) is 8.94. The normalized spacial score (nSPS) is 34.0. The second-order valence-electron chi connectivity index (χ2n) is 6.96. The van der Waals surface area contributed by atoms with Gasteiger partial charge >= 0.3 is 0 Å². The molecule has 24 heavy (non-hydrogen) atoms. The van der Waals surface area contributed by atoms with Crippen LogP contribution in [0, 0.1) is 17.2 Å². The minimum Gasteiger partial charge on any atom is -0.379 e. The number of hydrogen-bond donors (Lipinski definition) is 0. The molecule has 8 heteroatoms. The summed E-state index contributed by atoms with van der Waals surface area (Å²) in [5.41, 5.74) is 0. The molecule has 0 aromatic rings. The Kier molecular flexibility index (Phi) is 7.48. The molecule has 2 aliphatic rings. The molecule has 6 nitrogen and oxygen atoms in total. The number of rotatable bonds is 8. The van der Waals surface area contributed by atoms with Crippen molar-refractivity contribution in [2.75, 3.05) is 13.2 Å². The third kappa shape index (κ3) is 4.49. The molecule has 3 unspecified atom stereocenters. The van der Waals surface area contributed by atoms with Gasteiger partial charge < -0.3 is 18.5 Å². The van der Waals surface area contributed by atoms with Gasteiger partial charge in [0.2, 0.25) is 0 Å². The lowest BCUT2D eigenvalue weighted by Crippen LogP contribution is -2.39. The van der Waals surface area contributed by atoms with Gasteiger partial charge in [-0.2, -0.15) is 5.26 Å². The molecular formula is C16H28BN2O4P. The summed E-state index contributed by atoms with van der Waals surface area (Å²) in [4.78, 5) is 0. The monoisotopic (exact) mass is 354 g/mol. The summed E-state index contributed by atoms with van der Waals surface area (Å²) in [5.74, 6) is 0.312. The highest BCUT2D eigenvalue weighted by molar-refractivity contribution is 7.44. The molecule has 0 saturated carbocycles. The van der Waals surface area contributed by atoms with E-state index in [0.29, 0.717) is 25.6 Å². The lowest BCUT2D eigenvalue weighted by atomic mass is 9.92. The fraction of sp³-hybridized carbons (Fsp3) is 0.938. The van der Waals surface area contributed by atoms with Crippen LogP contribution in [0.15, 0.2) is 0 Å². The van der Waals surface area contributed by atoms with Gasteiger partial charge in [0.15, 0.2) is 0 Å². The molecule has 2 saturated heterocycles. The Balaban J connectivity index is 2.10. The zero-order valence-electron chi connectivity index (χ0n) is 15.2. The van der Waals surface area contributed by atoms with Crippen LogP contribution in [0.5, 0.6) is 0 Å². The van der Waals surface area contributed by atoms with Crippen LogP contribution in [0.4, 0.5) is 0 Å². The quantitative estimate of drug-likeness (QED) is 0.379. The zero-order valence-corrected chi connectivity index (χ0v) is 16.1. The summed E-state index contributed by atoms with van der Waals surface area (Å²) in [6.45, 7) is 11.5. The second-order valence-corrected chi connectivity index (χ2v) is 8.36. The first-order chi connectivity index (χ1) is 11.4. The molecule has 2 rings (SSSR count). The first-order valence-corrected chi connectivity index (χ1v) is 9.77. The van der Waals surface area contributed by atoms with Crippen LogP contribution >= 0.6 is 8.53 Å². The van der Waals surface area contributed by atoms with Crippen LogP contribution in [0.2, 0.25) is 0 Å². The van der Waals surface area contributed by atoms with Gasteiger partial charge in [0.05, 0.1) is 31.8 Å². The molecule has 134 valence electrons. The van der Waals surface area contributed by atoms with Crippen molar-refractivity contribution >= 4 is 16.4 Å². The lowest BCUT2D eigenvalue weighted by molar-refractivity contribution is 0.0130. The summed E-state index contributed by atoms with van der Waals surface area (Å²) in [6, 6.07) is 2.08. The smallest absolute Gasteiger partial charge is 0.259 e. The first-order valence-electron chi connectivity index (χ1n) is 8.64. The zero-order chi connectivity index (χ0) is 17.9. The molecule has 6 atom stereocenters. The number of nitrogens with zero attached hydrogens (tertiary/aromatic N) is 2. The van der Waals surface area contributed by atoms with E-state index in [-0.39, 0.29) is 30.4 Å². The molecule has 0 N–H and O–H groups in total.